The summed E-state index contributed by atoms with van der Waals surface area (Å²) in [5.74, 6) is 0.658. The lowest BCUT2D eigenvalue weighted by molar-refractivity contribution is -0.128. The van der Waals surface area contributed by atoms with Crippen LogP contribution in [-0.4, -0.2) is 55.0 Å². The molecule has 1 amide bonds. The van der Waals surface area contributed by atoms with Gasteiger partial charge in [0.25, 0.3) is 0 Å². The molecule has 6 heteroatoms. The Labute approximate surface area is 161 Å². The minimum absolute atomic E-state index is 0.00815. The van der Waals surface area contributed by atoms with Gasteiger partial charge in [-0.1, -0.05) is 36.4 Å². The third-order valence-corrected chi connectivity index (χ3v) is 4.12. The van der Waals surface area contributed by atoms with E-state index in [-0.39, 0.29) is 12.5 Å². The molecule has 0 fully saturated rings. The molecule has 2 rings (SSSR count). The van der Waals surface area contributed by atoms with Gasteiger partial charge in [0.1, 0.15) is 6.54 Å². The van der Waals surface area contributed by atoms with Crippen molar-refractivity contribution in [2.24, 2.45) is 4.99 Å². The van der Waals surface area contributed by atoms with E-state index >= 15 is 0 Å². The predicted molar refractivity (Wildman–Crippen MR) is 110 cm³/mol. The summed E-state index contributed by atoms with van der Waals surface area (Å²) >= 11 is 0. The third kappa shape index (κ3) is 7.90. The molecule has 0 unspecified atom stereocenters. The maximum atomic E-state index is 12.3. The molecule has 2 aromatic rings. The van der Waals surface area contributed by atoms with E-state index in [1.165, 1.54) is 5.56 Å². The molecule has 0 radical (unpaired) electrons. The van der Waals surface area contributed by atoms with Crippen LogP contribution in [0.3, 0.4) is 0 Å². The van der Waals surface area contributed by atoms with Gasteiger partial charge in [-0.3, -0.25) is 9.78 Å². The number of nitrogens with zero attached hydrogens (tertiary/aromatic N) is 3. The molecule has 27 heavy (non-hydrogen) atoms. The fraction of sp³-hybridized carbons (Fsp3) is 0.381. The van der Waals surface area contributed by atoms with Crippen LogP contribution in [0.25, 0.3) is 0 Å². The Morgan fingerprint density at radius 2 is 1.85 bits per heavy atom. The molecule has 0 aliphatic rings. The average Bonchev–Trinajstić information content (AvgIpc) is 2.71. The number of likely N-dealkylation sites (N-methyl/N-ethyl adjacent to an activating group) is 1. The van der Waals surface area contributed by atoms with Crippen molar-refractivity contribution < 1.29 is 4.79 Å². The first-order valence-electron chi connectivity index (χ1n) is 9.39. The Balaban J connectivity index is 1.77. The van der Waals surface area contributed by atoms with Gasteiger partial charge in [0, 0.05) is 45.0 Å². The van der Waals surface area contributed by atoms with Gasteiger partial charge >= 0.3 is 0 Å². The van der Waals surface area contributed by atoms with E-state index in [1.807, 2.05) is 43.3 Å². The second-order valence-corrected chi connectivity index (χ2v) is 6.24. The van der Waals surface area contributed by atoms with Gasteiger partial charge in [-0.05, 0) is 31.0 Å². The first kappa shape index (κ1) is 20.4. The van der Waals surface area contributed by atoms with E-state index in [0.717, 1.165) is 31.6 Å². The lowest BCUT2D eigenvalue weighted by Gasteiger charge is -2.16. The van der Waals surface area contributed by atoms with Gasteiger partial charge in [0.2, 0.25) is 5.91 Å². The maximum absolute atomic E-state index is 12.3. The van der Waals surface area contributed by atoms with Crippen molar-refractivity contribution in [3.05, 3.63) is 66.0 Å². The van der Waals surface area contributed by atoms with Crippen LogP contribution in [0.1, 0.15) is 18.2 Å². The Kier molecular flexibility index (Phi) is 8.83. The minimum atomic E-state index is -0.00815. The van der Waals surface area contributed by atoms with Crippen molar-refractivity contribution in [3.63, 3.8) is 0 Å². The molecule has 2 N–H and O–H groups in total. The third-order valence-electron chi connectivity index (χ3n) is 4.12. The number of aromatic nitrogens is 1. The Bertz CT molecular complexity index is 703. The number of carbonyl (C=O) groups is 1. The number of carbonyl (C=O) groups excluding carboxylic acids is 1. The van der Waals surface area contributed by atoms with Crippen LogP contribution in [0.4, 0.5) is 0 Å². The first-order valence-corrected chi connectivity index (χ1v) is 9.39. The highest BCUT2D eigenvalue weighted by Crippen LogP contribution is 1.99. The van der Waals surface area contributed by atoms with Crippen molar-refractivity contribution in [2.75, 3.05) is 33.2 Å². The summed E-state index contributed by atoms with van der Waals surface area (Å²) in [6.45, 7) is 4.28. The number of nitrogens with one attached hydrogen (secondary N) is 2. The van der Waals surface area contributed by atoms with E-state index in [0.29, 0.717) is 12.5 Å². The quantitative estimate of drug-likeness (QED) is 0.524. The predicted octanol–water partition coefficient (Wildman–Crippen LogP) is 1.88. The zero-order chi connectivity index (χ0) is 19.3. The number of hydrogen-bond donors (Lipinski definition) is 2. The summed E-state index contributed by atoms with van der Waals surface area (Å²) in [6, 6.07) is 16.1. The van der Waals surface area contributed by atoms with Crippen LogP contribution in [0.15, 0.2) is 59.7 Å². The Morgan fingerprint density at radius 3 is 2.56 bits per heavy atom. The van der Waals surface area contributed by atoms with Crippen molar-refractivity contribution >= 4 is 11.9 Å². The first-order chi connectivity index (χ1) is 13.2. The molecule has 1 aromatic carbocycles. The molecule has 0 aliphatic carbocycles. The van der Waals surface area contributed by atoms with Crippen molar-refractivity contribution in [1.82, 2.24) is 20.5 Å². The van der Waals surface area contributed by atoms with E-state index in [1.54, 1.807) is 18.1 Å². The van der Waals surface area contributed by atoms with Crippen LogP contribution in [0, 0.1) is 0 Å². The Morgan fingerprint density at radius 1 is 1.07 bits per heavy atom. The topological polar surface area (TPSA) is 69.6 Å². The van der Waals surface area contributed by atoms with Crippen LogP contribution in [-0.2, 0) is 17.6 Å². The van der Waals surface area contributed by atoms with E-state index < -0.39 is 0 Å². The molecule has 144 valence electrons. The number of aliphatic imine (C=N–C) groups is 1. The minimum Gasteiger partial charge on any atom is -0.357 e. The largest absolute Gasteiger partial charge is 0.357 e. The fourth-order valence-corrected chi connectivity index (χ4v) is 2.53. The van der Waals surface area contributed by atoms with Crippen LogP contribution in [0.5, 0.6) is 0 Å². The molecule has 0 saturated heterocycles. The van der Waals surface area contributed by atoms with Gasteiger partial charge in [0.05, 0.1) is 0 Å². The second-order valence-electron chi connectivity index (χ2n) is 6.24. The van der Waals surface area contributed by atoms with E-state index in [2.05, 4.69) is 32.7 Å². The summed E-state index contributed by atoms with van der Waals surface area (Å²) in [5, 5.41) is 6.46. The summed E-state index contributed by atoms with van der Waals surface area (Å²) in [7, 11) is 1.80. The highest BCUT2D eigenvalue weighted by Gasteiger charge is 2.09. The van der Waals surface area contributed by atoms with E-state index in [4.69, 9.17) is 0 Å². The molecule has 0 atom stereocenters. The summed E-state index contributed by atoms with van der Waals surface area (Å²) in [5.41, 5.74) is 2.25. The van der Waals surface area contributed by atoms with Crippen molar-refractivity contribution in [2.45, 2.75) is 19.8 Å². The Hall–Kier alpha value is -2.89. The number of pyridine rings is 1. The molecule has 0 saturated carbocycles. The van der Waals surface area contributed by atoms with E-state index in [9.17, 15) is 4.79 Å². The highest BCUT2D eigenvalue weighted by molar-refractivity contribution is 5.84. The van der Waals surface area contributed by atoms with Crippen molar-refractivity contribution in [1.29, 1.82) is 0 Å². The summed E-state index contributed by atoms with van der Waals surface area (Å²) in [4.78, 5) is 22.7. The highest BCUT2D eigenvalue weighted by atomic mass is 16.2. The lowest BCUT2D eigenvalue weighted by Crippen LogP contribution is -2.39. The van der Waals surface area contributed by atoms with Gasteiger partial charge < -0.3 is 15.5 Å². The smallest absolute Gasteiger partial charge is 0.244 e. The molecule has 6 nitrogen and oxygen atoms in total. The lowest BCUT2D eigenvalue weighted by atomic mass is 10.1. The fourth-order valence-electron chi connectivity index (χ4n) is 2.53. The van der Waals surface area contributed by atoms with Crippen LogP contribution < -0.4 is 10.6 Å². The number of rotatable bonds is 9. The average molecular weight is 367 g/mol. The van der Waals surface area contributed by atoms with Gasteiger partial charge in [0.15, 0.2) is 5.96 Å². The molecule has 0 bridgehead atoms. The van der Waals surface area contributed by atoms with Crippen LogP contribution in [0.2, 0.25) is 0 Å². The maximum Gasteiger partial charge on any atom is 0.244 e. The van der Waals surface area contributed by atoms with Gasteiger partial charge in [-0.25, -0.2) is 4.99 Å². The summed E-state index contributed by atoms with van der Waals surface area (Å²) < 4.78 is 0. The van der Waals surface area contributed by atoms with Crippen LogP contribution >= 0.6 is 0 Å². The van der Waals surface area contributed by atoms with Gasteiger partial charge in [-0.15, -0.1) is 0 Å². The van der Waals surface area contributed by atoms with Gasteiger partial charge in [-0.2, -0.15) is 0 Å². The molecular formula is C21H29N5O. The number of amides is 1. The standard InChI is InChI=1S/C21H29N5O/c1-3-22-21(24-15-12-18-9-5-4-6-10-18)25-17-20(27)26(2)16-13-19-11-7-8-14-23-19/h4-11,14H,3,12-13,15-17H2,1-2H3,(H2,22,24,25). The molecule has 0 aliphatic heterocycles. The number of hydrogen-bond acceptors (Lipinski definition) is 3. The molecule has 1 aromatic heterocycles. The number of benzene rings is 1. The number of guanidine groups is 1. The monoisotopic (exact) mass is 367 g/mol. The molecule has 0 spiro atoms. The van der Waals surface area contributed by atoms with Crippen molar-refractivity contribution in [3.8, 4) is 0 Å². The second kappa shape index (κ2) is 11.7. The summed E-state index contributed by atoms with van der Waals surface area (Å²) in [6.07, 6.45) is 3.41. The SMILES string of the molecule is CCNC(=NCC(=O)N(C)CCc1ccccn1)NCCc1ccccc1. The zero-order valence-corrected chi connectivity index (χ0v) is 16.2. The zero-order valence-electron chi connectivity index (χ0n) is 16.2. The normalized spacial score (nSPS) is 11.1. The molecular weight excluding hydrogens is 338 g/mol. The molecule has 1 heterocycles.